The van der Waals surface area contributed by atoms with Gasteiger partial charge in [0.2, 0.25) is 0 Å². The van der Waals surface area contributed by atoms with Gasteiger partial charge < -0.3 is 14.7 Å². The van der Waals surface area contributed by atoms with Crippen molar-refractivity contribution in [3.8, 4) is 0 Å². The Kier molecular flexibility index (Phi) is 4.34. The van der Waals surface area contributed by atoms with Gasteiger partial charge in [0.25, 0.3) is 0 Å². The fourth-order valence-corrected chi connectivity index (χ4v) is 2.50. The summed E-state index contributed by atoms with van der Waals surface area (Å²) in [6, 6.07) is 2.01. The van der Waals surface area contributed by atoms with Gasteiger partial charge in [-0.2, -0.15) is 0 Å². The first-order valence-electron chi connectivity index (χ1n) is 6.62. The molecule has 2 rings (SSSR count). The van der Waals surface area contributed by atoms with Crippen molar-refractivity contribution in [1.29, 1.82) is 0 Å². The molecule has 0 unspecified atom stereocenters. The van der Waals surface area contributed by atoms with Crippen LogP contribution in [-0.4, -0.2) is 42.3 Å². The van der Waals surface area contributed by atoms with Crippen molar-refractivity contribution in [1.82, 2.24) is 9.88 Å². The van der Waals surface area contributed by atoms with Gasteiger partial charge in [0.1, 0.15) is 0 Å². The van der Waals surface area contributed by atoms with Crippen LogP contribution in [0.2, 0.25) is 0 Å². The highest BCUT2D eigenvalue weighted by Crippen LogP contribution is 2.34. The van der Waals surface area contributed by atoms with Crippen LogP contribution >= 0.6 is 0 Å². The second-order valence-corrected chi connectivity index (χ2v) is 5.35. The molecule has 4 nitrogen and oxygen atoms in total. The molecule has 0 bridgehead atoms. The lowest BCUT2D eigenvalue weighted by Crippen LogP contribution is -2.35. The van der Waals surface area contributed by atoms with Crippen molar-refractivity contribution >= 4 is 6.08 Å². The van der Waals surface area contributed by atoms with Crippen LogP contribution in [0.25, 0.3) is 6.08 Å². The number of aliphatic hydroxyl groups is 1. The average Bonchev–Trinajstić information content (AvgIpc) is 2.38. The van der Waals surface area contributed by atoms with Crippen molar-refractivity contribution in [3.05, 3.63) is 35.7 Å². The molecule has 1 aromatic heterocycles. The molecule has 0 atom stereocenters. The molecule has 0 saturated carbocycles. The van der Waals surface area contributed by atoms with Crippen LogP contribution in [0.5, 0.6) is 0 Å². The summed E-state index contributed by atoms with van der Waals surface area (Å²) in [6.07, 6.45) is 4.78. The number of hydrogen-bond acceptors (Lipinski definition) is 4. The van der Waals surface area contributed by atoms with Crippen LogP contribution in [-0.2, 0) is 16.9 Å². The Morgan fingerprint density at radius 2 is 2.16 bits per heavy atom. The highest BCUT2D eigenvalue weighted by molar-refractivity contribution is 5.45. The predicted molar refractivity (Wildman–Crippen MR) is 75.7 cm³/mol. The Morgan fingerprint density at radius 3 is 2.74 bits per heavy atom. The third kappa shape index (κ3) is 3.21. The molecule has 1 aromatic rings. The Morgan fingerprint density at radius 1 is 1.47 bits per heavy atom. The maximum atomic E-state index is 10.8. The lowest BCUT2D eigenvalue weighted by Gasteiger charge is -2.34. The molecular weight excluding hydrogens is 240 g/mol. The van der Waals surface area contributed by atoms with Gasteiger partial charge in [0, 0.05) is 44.4 Å². The van der Waals surface area contributed by atoms with E-state index >= 15 is 0 Å². The van der Waals surface area contributed by atoms with E-state index in [0.717, 1.165) is 23.4 Å². The number of ether oxygens (including phenoxy) is 1. The quantitative estimate of drug-likeness (QED) is 0.898. The zero-order valence-electron chi connectivity index (χ0n) is 11.7. The van der Waals surface area contributed by atoms with Crippen molar-refractivity contribution in [3.63, 3.8) is 0 Å². The Bertz CT molecular complexity index is 451. The molecule has 0 radical (unpaired) electrons. The number of nitrogens with zero attached hydrogens (tertiary/aromatic N) is 2. The topological polar surface area (TPSA) is 45.6 Å². The Balaban J connectivity index is 2.39. The number of rotatable bonds is 4. The van der Waals surface area contributed by atoms with Crippen molar-refractivity contribution in [2.24, 2.45) is 0 Å². The van der Waals surface area contributed by atoms with Crippen LogP contribution in [0.15, 0.2) is 18.8 Å². The van der Waals surface area contributed by atoms with Crippen molar-refractivity contribution in [2.45, 2.75) is 25.0 Å². The third-order valence-corrected chi connectivity index (χ3v) is 3.53. The van der Waals surface area contributed by atoms with Gasteiger partial charge in [-0.25, -0.2) is 0 Å². The first-order valence-corrected chi connectivity index (χ1v) is 6.62. The molecule has 1 saturated heterocycles. The average molecular weight is 262 g/mol. The van der Waals surface area contributed by atoms with E-state index in [9.17, 15) is 5.11 Å². The van der Waals surface area contributed by atoms with Gasteiger partial charge in [0.15, 0.2) is 0 Å². The first kappa shape index (κ1) is 14.2. The Labute approximate surface area is 114 Å². The van der Waals surface area contributed by atoms with Crippen LogP contribution in [0, 0.1) is 0 Å². The second kappa shape index (κ2) is 5.82. The number of aromatic nitrogens is 1. The molecule has 1 aliphatic rings. The smallest absolute Gasteiger partial charge is 0.0958 e. The van der Waals surface area contributed by atoms with Gasteiger partial charge in [-0.05, 0) is 31.8 Å². The summed E-state index contributed by atoms with van der Waals surface area (Å²) in [6.45, 7) is 5.73. The van der Waals surface area contributed by atoms with Gasteiger partial charge in [-0.15, -0.1) is 0 Å². The summed E-state index contributed by atoms with van der Waals surface area (Å²) < 4.78 is 5.35. The SMILES string of the molecule is C=Cc1cc(CN(C)C)c(C2(O)CCOCC2)cn1. The van der Waals surface area contributed by atoms with E-state index in [1.807, 2.05) is 20.2 Å². The lowest BCUT2D eigenvalue weighted by atomic mass is 9.84. The summed E-state index contributed by atoms with van der Waals surface area (Å²) in [4.78, 5) is 6.44. The molecule has 0 amide bonds. The highest BCUT2D eigenvalue weighted by atomic mass is 16.5. The van der Waals surface area contributed by atoms with Gasteiger partial charge in [0.05, 0.1) is 11.3 Å². The summed E-state index contributed by atoms with van der Waals surface area (Å²) in [5, 5.41) is 10.8. The van der Waals surface area contributed by atoms with E-state index in [-0.39, 0.29) is 0 Å². The largest absolute Gasteiger partial charge is 0.385 e. The summed E-state index contributed by atoms with van der Waals surface area (Å²) in [5.41, 5.74) is 2.07. The number of pyridine rings is 1. The van der Waals surface area contributed by atoms with E-state index < -0.39 is 5.60 Å². The molecule has 0 aliphatic carbocycles. The summed E-state index contributed by atoms with van der Waals surface area (Å²) in [7, 11) is 4.04. The monoisotopic (exact) mass is 262 g/mol. The zero-order chi connectivity index (χ0) is 13.9. The lowest BCUT2D eigenvalue weighted by molar-refractivity contribution is -0.0687. The Hall–Kier alpha value is -1.23. The molecule has 2 heterocycles. The molecule has 104 valence electrons. The minimum absolute atomic E-state index is 0.598. The van der Waals surface area contributed by atoms with Crippen LogP contribution in [0.1, 0.15) is 29.7 Å². The molecule has 1 aliphatic heterocycles. The van der Waals surface area contributed by atoms with E-state index in [4.69, 9.17) is 4.74 Å². The highest BCUT2D eigenvalue weighted by Gasteiger charge is 2.34. The third-order valence-electron chi connectivity index (χ3n) is 3.53. The summed E-state index contributed by atoms with van der Waals surface area (Å²) >= 11 is 0. The van der Waals surface area contributed by atoms with Crippen molar-refractivity contribution < 1.29 is 9.84 Å². The minimum Gasteiger partial charge on any atom is -0.385 e. The van der Waals surface area contributed by atoms with Gasteiger partial charge in [-0.1, -0.05) is 6.58 Å². The molecule has 1 fully saturated rings. The van der Waals surface area contributed by atoms with Crippen molar-refractivity contribution in [2.75, 3.05) is 27.3 Å². The van der Waals surface area contributed by atoms with E-state index in [2.05, 4.69) is 16.5 Å². The second-order valence-electron chi connectivity index (χ2n) is 5.35. The molecular formula is C15H22N2O2. The van der Waals surface area contributed by atoms with E-state index in [1.165, 1.54) is 0 Å². The molecule has 19 heavy (non-hydrogen) atoms. The fraction of sp³-hybridized carbons (Fsp3) is 0.533. The van der Waals surface area contributed by atoms with E-state index in [1.54, 1.807) is 12.3 Å². The van der Waals surface area contributed by atoms with Gasteiger partial charge in [-0.3, -0.25) is 4.98 Å². The first-order chi connectivity index (χ1) is 9.05. The zero-order valence-corrected chi connectivity index (χ0v) is 11.7. The minimum atomic E-state index is -0.809. The van der Waals surface area contributed by atoms with Crippen LogP contribution in [0.3, 0.4) is 0 Å². The molecule has 0 spiro atoms. The summed E-state index contributed by atoms with van der Waals surface area (Å²) in [5.74, 6) is 0. The standard InChI is InChI=1S/C15H22N2O2/c1-4-13-9-12(11-17(2)3)14(10-16-13)15(18)5-7-19-8-6-15/h4,9-10,18H,1,5-8,11H2,2-3H3. The van der Waals surface area contributed by atoms with Crippen LogP contribution < -0.4 is 0 Å². The fourth-order valence-electron chi connectivity index (χ4n) is 2.50. The molecule has 4 heteroatoms. The number of hydrogen-bond donors (Lipinski definition) is 1. The van der Waals surface area contributed by atoms with Gasteiger partial charge >= 0.3 is 0 Å². The maximum absolute atomic E-state index is 10.8. The molecule has 0 aromatic carbocycles. The maximum Gasteiger partial charge on any atom is 0.0958 e. The van der Waals surface area contributed by atoms with E-state index in [0.29, 0.717) is 26.1 Å². The predicted octanol–water partition coefficient (Wildman–Crippen LogP) is 1.78. The van der Waals surface area contributed by atoms with Crippen LogP contribution in [0.4, 0.5) is 0 Å². The normalized spacial score (nSPS) is 18.5. The molecule has 1 N–H and O–H groups in total.